The van der Waals surface area contributed by atoms with Crippen molar-refractivity contribution in [2.24, 2.45) is 0 Å². The summed E-state index contributed by atoms with van der Waals surface area (Å²) in [5.74, 6) is -5.04. The molecule has 1 aliphatic heterocycles. The molecule has 0 spiro atoms. The van der Waals surface area contributed by atoms with E-state index >= 15 is 0 Å². The lowest BCUT2D eigenvalue weighted by Gasteiger charge is -2.22. The first-order valence-corrected chi connectivity index (χ1v) is 19.5. The first-order valence-electron chi connectivity index (χ1n) is 19.5. The number of halogens is 2. The van der Waals surface area contributed by atoms with Crippen molar-refractivity contribution in [2.45, 2.75) is 76.5 Å². The smallest absolute Gasteiger partial charge is 0.378 e. The van der Waals surface area contributed by atoms with E-state index < -0.39 is 72.2 Å². The molecular formula is C45H47F2N3O10. The Balaban J connectivity index is 1.05. The third-order valence-electron chi connectivity index (χ3n) is 9.23. The highest BCUT2D eigenvalue weighted by atomic mass is 19.1. The van der Waals surface area contributed by atoms with Gasteiger partial charge in [0.2, 0.25) is 23.5 Å². The minimum absolute atomic E-state index is 0.00261. The number of nitrogens with one attached hydrogen (secondary N) is 3. The van der Waals surface area contributed by atoms with Crippen molar-refractivity contribution in [1.29, 1.82) is 0 Å². The fourth-order valence-corrected chi connectivity index (χ4v) is 6.14. The summed E-state index contributed by atoms with van der Waals surface area (Å²) in [7, 11) is 0. The number of hydrogen-bond acceptors (Lipinski definition) is 10. The highest BCUT2D eigenvalue weighted by molar-refractivity contribution is 5.93. The SMILES string of the molecule is C[C@H](NC(=O)Cc1cc(F)cc(F)c1)C(=O)N[C@H](C(=O)NCCCCCC(=O)OCC(O)C1OC(=O)C(OCc2ccccc2)=C1OCc1ccccc1)c1ccccc1. The van der Waals surface area contributed by atoms with Gasteiger partial charge in [-0.25, -0.2) is 13.6 Å². The predicted octanol–water partition coefficient (Wildman–Crippen LogP) is 5.02. The largest absolute Gasteiger partial charge is 0.485 e. The standard InChI is InChI=1S/C45H47F2N3O10/c1-29(49-37(52)24-32-22-34(46)25-35(47)23-32)43(54)50-39(33-18-10-4-11-19-33)44(55)48-21-13-5-12-20-38(53)57-28-36(51)40-41(58-26-30-14-6-2-7-15-30)42(45(56)60-40)59-27-31-16-8-3-9-17-31/h2-4,6-11,14-19,22-23,25,29,36,39-40,51H,5,12-13,20-21,24,26-28H2,1H3,(H,48,55)(H,49,52)(H,50,54)/t29-,36?,39-,40?/m0/s1. The van der Waals surface area contributed by atoms with Gasteiger partial charge in [-0.3, -0.25) is 19.2 Å². The van der Waals surface area contributed by atoms with Crippen LogP contribution in [0.4, 0.5) is 8.78 Å². The van der Waals surface area contributed by atoms with Crippen LogP contribution in [-0.4, -0.2) is 66.2 Å². The van der Waals surface area contributed by atoms with Crippen LogP contribution < -0.4 is 16.0 Å². The number of rotatable bonds is 22. The van der Waals surface area contributed by atoms with E-state index in [1.807, 2.05) is 60.7 Å². The Morgan fingerprint density at radius 3 is 1.98 bits per heavy atom. The molecule has 0 saturated heterocycles. The topological polar surface area (TPSA) is 179 Å². The molecule has 316 valence electrons. The Morgan fingerprint density at radius 1 is 0.750 bits per heavy atom. The van der Waals surface area contributed by atoms with E-state index in [0.717, 1.165) is 23.3 Å². The number of carbonyl (C=O) groups excluding carboxylic acids is 5. The van der Waals surface area contributed by atoms with Gasteiger partial charge in [0.05, 0.1) is 6.42 Å². The molecule has 2 unspecified atom stereocenters. The Hall–Kier alpha value is -6.61. The summed E-state index contributed by atoms with van der Waals surface area (Å²) in [6, 6.07) is 27.4. The summed E-state index contributed by atoms with van der Waals surface area (Å²) < 4.78 is 49.6. The third-order valence-corrected chi connectivity index (χ3v) is 9.23. The number of aliphatic hydroxyl groups is 1. The van der Waals surface area contributed by atoms with Crippen molar-refractivity contribution >= 4 is 29.7 Å². The molecule has 15 heteroatoms. The average molecular weight is 828 g/mol. The van der Waals surface area contributed by atoms with Crippen LogP contribution in [0.25, 0.3) is 0 Å². The van der Waals surface area contributed by atoms with Crippen molar-refractivity contribution in [3.63, 3.8) is 0 Å². The van der Waals surface area contributed by atoms with Crippen molar-refractivity contribution in [2.75, 3.05) is 13.2 Å². The minimum Gasteiger partial charge on any atom is -0.485 e. The zero-order valence-corrected chi connectivity index (χ0v) is 32.9. The zero-order chi connectivity index (χ0) is 42.9. The van der Waals surface area contributed by atoms with Crippen molar-refractivity contribution in [3.8, 4) is 0 Å². The summed E-state index contributed by atoms with van der Waals surface area (Å²) >= 11 is 0. The fraction of sp³-hybridized carbons (Fsp3) is 0.311. The third kappa shape index (κ3) is 13.8. The minimum atomic E-state index is -1.44. The van der Waals surface area contributed by atoms with Crippen LogP contribution in [0, 0.1) is 11.6 Å². The Morgan fingerprint density at radius 2 is 1.35 bits per heavy atom. The maximum Gasteiger partial charge on any atom is 0.378 e. The van der Waals surface area contributed by atoms with Gasteiger partial charge in [0.15, 0.2) is 11.9 Å². The number of cyclic esters (lactones) is 1. The van der Waals surface area contributed by atoms with E-state index in [-0.39, 0.29) is 49.7 Å². The highest BCUT2D eigenvalue weighted by Crippen LogP contribution is 2.29. The quantitative estimate of drug-likeness (QED) is 0.0622. The van der Waals surface area contributed by atoms with Crippen LogP contribution >= 0.6 is 0 Å². The normalized spacial score (nSPS) is 14.9. The molecule has 4 atom stereocenters. The van der Waals surface area contributed by atoms with E-state index in [0.29, 0.717) is 30.9 Å². The molecule has 1 aliphatic rings. The first-order chi connectivity index (χ1) is 29.0. The van der Waals surface area contributed by atoms with Gasteiger partial charge in [0.1, 0.15) is 49.6 Å². The Labute approximate surface area is 346 Å². The van der Waals surface area contributed by atoms with Crippen LogP contribution in [0.15, 0.2) is 121 Å². The highest BCUT2D eigenvalue weighted by Gasteiger charge is 2.42. The van der Waals surface area contributed by atoms with E-state index in [2.05, 4.69) is 16.0 Å². The molecule has 0 fully saturated rings. The maximum atomic E-state index is 13.5. The van der Waals surface area contributed by atoms with Gasteiger partial charge in [-0.2, -0.15) is 0 Å². The molecule has 4 aromatic carbocycles. The zero-order valence-electron chi connectivity index (χ0n) is 32.9. The van der Waals surface area contributed by atoms with Crippen molar-refractivity contribution in [3.05, 3.63) is 155 Å². The second kappa shape index (κ2) is 22.5. The van der Waals surface area contributed by atoms with Gasteiger partial charge in [-0.05, 0) is 54.2 Å². The number of benzene rings is 4. The summed E-state index contributed by atoms with van der Waals surface area (Å²) in [5, 5.41) is 18.9. The van der Waals surface area contributed by atoms with E-state index in [1.165, 1.54) is 6.92 Å². The van der Waals surface area contributed by atoms with Gasteiger partial charge in [0.25, 0.3) is 0 Å². The molecule has 4 aromatic rings. The molecule has 1 heterocycles. The van der Waals surface area contributed by atoms with Crippen LogP contribution in [0.2, 0.25) is 0 Å². The maximum absolute atomic E-state index is 13.5. The van der Waals surface area contributed by atoms with Gasteiger partial charge >= 0.3 is 11.9 Å². The number of hydrogen-bond donors (Lipinski definition) is 4. The number of unbranched alkanes of at least 4 members (excludes halogenated alkanes) is 2. The van der Waals surface area contributed by atoms with E-state index in [4.69, 9.17) is 18.9 Å². The fourth-order valence-electron chi connectivity index (χ4n) is 6.14. The molecule has 13 nitrogen and oxygen atoms in total. The molecule has 0 aromatic heterocycles. The predicted molar refractivity (Wildman–Crippen MR) is 213 cm³/mol. The van der Waals surface area contributed by atoms with Crippen LogP contribution in [-0.2, 0) is 62.6 Å². The molecule has 0 radical (unpaired) electrons. The lowest BCUT2D eigenvalue weighted by atomic mass is 10.1. The molecule has 0 saturated carbocycles. The number of amides is 3. The number of ether oxygens (including phenoxy) is 4. The lowest BCUT2D eigenvalue weighted by molar-refractivity contribution is -0.155. The lowest BCUT2D eigenvalue weighted by Crippen LogP contribution is -2.49. The Bertz CT molecular complexity index is 2080. The molecule has 0 bridgehead atoms. The Kier molecular flexibility index (Phi) is 16.7. The van der Waals surface area contributed by atoms with Crippen molar-refractivity contribution < 1.29 is 56.8 Å². The van der Waals surface area contributed by atoms with Gasteiger partial charge < -0.3 is 40.0 Å². The van der Waals surface area contributed by atoms with Crippen LogP contribution in [0.1, 0.15) is 60.9 Å². The van der Waals surface area contributed by atoms with E-state index in [1.54, 1.807) is 30.3 Å². The van der Waals surface area contributed by atoms with E-state index in [9.17, 15) is 37.9 Å². The monoisotopic (exact) mass is 827 g/mol. The van der Waals surface area contributed by atoms with Gasteiger partial charge in [-0.15, -0.1) is 0 Å². The number of carbonyl (C=O) groups is 5. The van der Waals surface area contributed by atoms with Crippen LogP contribution in [0.5, 0.6) is 0 Å². The summed E-state index contributed by atoms with van der Waals surface area (Å²) in [6.45, 7) is 1.30. The molecule has 4 N–H and O–H groups in total. The van der Waals surface area contributed by atoms with Crippen LogP contribution in [0.3, 0.4) is 0 Å². The molecule has 5 rings (SSSR count). The van der Waals surface area contributed by atoms with Gasteiger partial charge in [0, 0.05) is 19.0 Å². The summed E-state index contributed by atoms with van der Waals surface area (Å²) in [6.07, 6.45) is -1.63. The first kappa shape index (κ1) is 44.5. The number of esters is 2. The second-order valence-electron chi connectivity index (χ2n) is 14.0. The molecular weight excluding hydrogens is 781 g/mol. The summed E-state index contributed by atoms with van der Waals surface area (Å²) in [4.78, 5) is 64.3. The second-order valence-corrected chi connectivity index (χ2v) is 14.0. The van der Waals surface area contributed by atoms with Crippen molar-refractivity contribution in [1.82, 2.24) is 16.0 Å². The molecule has 3 amide bonds. The summed E-state index contributed by atoms with van der Waals surface area (Å²) in [5.41, 5.74) is 2.20. The molecule has 60 heavy (non-hydrogen) atoms. The number of aliphatic hydroxyl groups excluding tert-OH is 1. The van der Waals surface area contributed by atoms with Gasteiger partial charge in [-0.1, -0.05) is 97.4 Å². The molecule has 0 aliphatic carbocycles. The average Bonchev–Trinajstić information content (AvgIpc) is 3.56.